The molecule has 20 heavy (non-hydrogen) atoms. The van der Waals surface area contributed by atoms with Gasteiger partial charge >= 0.3 is 0 Å². The summed E-state index contributed by atoms with van der Waals surface area (Å²) in [6.07, 6.45) is 10.6. The summed E-state index contributed by atoms with van der Waals surface area (Å²) >= 11 is 0. The Balaban J connectivity index is 1.78. The lowest BCUT2D eigenvalue weighted by atomic mass is 9.69. The average molecular weight is 277 g/mol. The SMILES string of the molecule is CCn1cncc1CNC1CCC(C(C)(C)CC)CC1. The molecule has 1 saturated carbocycles. The van der Waals surface area contributed by atoms with Crippen molar-refractivity contribution >= 4 is 0 Å². The molecule has 1 fully saturated rings. The first-order valence-electron chi connectivity index (χ1n) is 8.29. The standard InChI is InChI=1S/C17H31N3/c1-5-17(3,4)14-7-9-15(10-8-14)19-12-16-11-18-13-20(16)6-2/h11,13-15,19H,5-10,12H2,1-4H3. The van der Waals surface area contributed by atoms with Crippen molar-refractivity contribution in [2.45, 2.75) is 78.9 Å². The summed E-state index contributed by atoms with van der Waals surface area (Å²) in [5.41, 5.74) is 1.83. The molecule has 0 saturated heterocycles. The van der Waals surface area contributed by atoms with Gasteiger partial charge in [0.25, 0.3) is 0 Å². The topological polar surface area (TPSA) is 29.9 Å². The molecular weight excluding hydrogens is 246 g/mol. The lowest BCUT2D eigenvalue weighted by molar-refractivity contribution is 0.136. The molecule has 1 aliphatic carbocycles. The second-order valence-electron chi connectivity index (χ2n) is 6.94. The molecule has 1 aliphatic rings. The highest BCUT2D eigenvalue weighted by Crippen LogP contribution is 2.40. The van der Waals surface area contributed by atoms with Crippen molar-refractivity contribution in [1.82, 2.24) is 14.9 Å². The minimum atomic E-state index is 0.520. The van der Waals surface area contributed by atoms with E-state index in [9.17, 15) is 0 Å². The Bertz CT molecular complexity index is 400. The Hall–Kier alpha value is -0.830. The van der Waals surface area contributed by atoms with Crippen LogP contribution in [0, 0.1) is 11.3 Å². The fourth-order valence-electron chi connectivity index (χ4n) is 3.40. The van der Waals surface area contributed by atoms with E-state index in [1.165, 1.54) is 37.8 Å². The first-order chi connectivity index (χ1) is 9.56. The van der Waals surface area contributed by atoms with E-state index in [0.717, 1.165) is 19.0 Å². The molecule has 0 unspecified atom stereocenters. The van der Waals surface area contributed by atoms with Gasteiger partial charge in [-0.3, -0.25) is 0 Å². The lowest BCUT2D eigenvalue weighted by Gasteiger charge is -2.39. The van der Waals surface area contributed by atoms with Gasteiger partial charge in [-0.15, -0.1) is 0 Å². The Labute approximate surface area is 124 Å². The zero-order valence-electron chi connectivity index (χ0n) is 13.7. The molecule has 3 heteroatoms. The number of hydrogen-bond acceptors (Lipinski definition) is 2. The van der Waals surface area contributed by atoms with Gasteiger partial charge in [0.2, 0.25) is 0 Å². The molecule has 2 rings (SSSR count). The Kier molecular flexibility index (Phi) is 5.25. The van der Waals surface area contributed by atoms with Gasteiger partial charge in [-0.2, -0.15) is 0 Å². The summed E-state index contributed by atoms with van der Waals surface area (Å²) in [5, 5.41) is 3.73. The smallest absolute Gasteiger partial charge is 0.0948 e. The number of aryl methyl sites for hydroxylation is 1. The molecule has 0 radical (unpaired) electrons. The molecule has 1 aromatic rings. The number of rotatable bonds is 6. The van der Waals surface area contributed by atoms with Gasteiger partial charge in [-0.1, -0.05) is 27.2 Å². The van der Waals surface area contributed by atoms with Crippen LogP contribution in [0.4, 0.5) is 0 Å². The lowest BCUT2D eigenvalue weighted by Crippen LogP contribution is -2.36. The fraction of sp³-hybridized carbons (Fsp3) is 0.824. The van der Waals surface area contributed by atoms with Gasteiger partial charge in [-0.05, 0) is 43.9 Å². The van der Waals surface area contributed by atoms with E-state index < -0.39 is 0 Å². The molecule has 114 valence electrons. The van der Waals surface area contributed by atoms with Crippen LogP contribution in [-0.2, 0) is 13.1 Å². The zero-order valence-corrected chi connectivity index (χ0v) is 13.7. The quantitative estimate of drug-likeness (QED) is 0.852. The van der Waals surface area contributed by atoms with Gasteiger partial charge in [0.15, 0.2) is 0 Å². The molecule has 0 spiro atoms. The Morgan fingerprint density at radius 3 is 2.55 bits per heavy atom. The molecular formula is C17H31N3. The minimum Gasteiger partial charge on any atom is -0.334 e. The van der Waals surface area contributed by atoms with E-state index in [2.05, 4.69) is 42.6 Å². The van der Waals surface area contributed by atoms with Crippen LogP contribution in [0.5, 0.6) is 0 Å². The number of nitrogens with one attached hydrogen (secondary N) is 1. The zero-order chi connectivity index (χ0) is 14.6. The molecule has 1 heterocycles. The van der Waals surface area contributed by atoms with E-state index in [4.69, 9.17) is 0 Å². The van der Waals surface area contributed by atoms with Crippen molar-refractivity contribution in [2.75, 3.05) is 0 Å². The largest absolute Gasteiger partial charge is 0.334 e. The van der Waals surface area contributed by atoms with Crippen molar-refractivity contribution < 1.29 is 0 Å². The summed E-state index contributed by atoms with van der Waals surface area (Å²) in [5.74, 6) is 0.909. The predicted octanol–water partition coefficient (Wildman–Crippen LogP) is 3.99. The van der Waals surface area contributed by atoms with E-state index in [1.54, 1.807) is 0 Å². The van der Waals surface area contributed by atoms with Crippen LogP contribution in [0.15, 0.2) is 12.5 Å². The van der Waals surface area contributed by atoms with Gasteiger partial charge in [-0.25, -0.2) is 4.98 Å². The predicted molar refractivity (Wildman–Crippen MR) is 84.6 cm³/mol. The van der Waals surface area contributed by atoms with Crippen LogP contribution < -0.4 is 5.32 Å². The first kappa shape index (κ1) is 15.6. The first-order valence-corrected chi connectivity index (χ1v) is 8.29. The van der Waals surface area contributed by atoms with Crippen molar-refractivity contribution in [3.63, 3.8) is 0 Å². The van der Waals surface area contributed by atoms with Crippen LogP contribution in [-0.4, -0.2) is 15.6 Å². The van der Waals surface area contributed by atoms with Crippen molar-refractivity contribution in [3.05, 3.63) is 18.2 Å². The van der Waals surface area contributed by atoms with E-state index in [1.807, 2.05) is 12.5 Å². The van der Waals surface area contributed by atoms with Crippen LogP contribution in [0.2, 0.25) is 0 Å². The maximum atomic E-state index is 4.24. The maximum Gasteiger partial charge on any atom is 0.0948 e. The number of hydrogen-bond donors (Lipinski definition) is 1. The molecule has 0 atom stereocenters. The highest BCUT2D eigenvalue weighted by molar-refractivity contribution is 4.98. The molecule has 0 aromatic carbocycles. The minimum absolute atomic E-state index is 0.520. The summed E-state index contributed by atoms with van der Waals surface area (Å²) in [4.78, 5) is 4.24. The van der Waals surface area contributed by atoms with E-state index in [0.29, 0.717) is 11.5 Å². The van der Waals surface area contributed by atoms with Crippen LogP contribution in [0.1, 0.15) is 65.5 Å². The normalized spacial score (nSPS) is 24.0. The third-order valence-corrected chi connectivity index (χ3v) is 5.45. The van der Waals surface area contributed by atoms with E-state index >= 15 is 0 Å². The second-order valence-corrected chi connectivity index (χ2v) is 6.94. The number of aromatic nitrogens is 2. The van der Waals surface area contributed by atoms with Gasteiger partial charge in [0.1, 0.15) is 0 Å². The van der Waals surface area contributed by atoms with Gasteiger partial charge in [0, 0.05) is 25.3 Å². The number of nitrogens with zero attached hydrogens (tertiary/aromatic N) is 2. The molecule has 1 aromatic heterocycles. The molecule has 3 nitrogen and oxygen atoms in total. The van der Waals surface area contributed by atoms with Crippen LogP contribution in [0.25, 0.3) is 0 Å². The highest BCUT2D eigenvalue weighted by Gasteiger charge is 2.31. The van der Waals surface area contributed by atoms with Crippen LogP contribution in [0.3, 0.4) is 0 Å². The third kappa shape index (κ3) is 3.63. The fourth-order valence-corrected chi connectivity index (χ4v) is 3.40. The maximum absolute atomic E-state index is 4.24. The molecule has 0 bridgehead atoms. The molecule has 0 amide bonds. The molecule has 0 aliphatic heterocycles. The summed E-state index contributed by atoms with van der Waals surface area (Å²) in [7, 11) is 0. The van der Waals surface area contributed by atoms with Crippen LogP contribution >= 0.6 is 0 Å². The summed E-state index contributed by atoms with van der Waals surface area (Å²) in [6, 6.07) is 0.694. The van der Waals surface area contributed by atoms with Crippen molar-refractivity contribution in [3.8, 4) is 0 Å². The third-order valence-electron chi connectivity index (χ3n) is 5.45. The average Bonchev–Trinajstić information content (AvgIpc) is 2.93. The molecule has 1 N–H and O–H groups in total. The van der Waals surface area contributed by atoms with Gasteiger partial charge < -0.3 is 9.88 Å². The van der Waals surface area contributed by atoms with Gasteiger partial charge in [0.05, 0.1) is 12.0 Å². The summed E-state index contributed by atoms with van der Waals surface area (Å²) in [6.45, 7) is 11.3. The summed E-state index contributed by atoms with van der Waals surface area (Å²) < 4.78 is 2.22. The number of imidazole rings is 1. The van der Waals surface area contributed by atoms with Crippen molar-refractivity contribution in [2.24, 2.45) is 11.3 Å². The second kappa shape index (κ2) is 6.75. The monoisotopic (exact) mass is 277 g/mol. The highest BCUT2D eigenvalue weighted by atomic mass is 15.1. The Morgan fingerprint density at radius 1 is 1.25 bits per heavy atom. The van der Waals surface area contributed by atoms with E-state index in [-0.39, 0.29) is 0 Å². The van der Waals surface area contributed by atoms with Crippen molar-refractivity contribution in [1.29, 1.82) is 0 Å². The Morgan fingerprint density at radius 2 is 1.95 bits per heavy atom.